The van der Waals surface area contributed by atoms with Crippen molar-refractivity contribution in [3.8, 4) is 0 Å². The topological polar surface area (TPSA) is 95.1 Å². The van der Waals surface area contributed by atoms with E-state index in [1.54, 1.807) is 0 Å². The number of hydrogen-bond acceptors (Lipinski definition) is 3. The highest BCUT2D eigenvalue weighted by Gasteiger charge is 2.41. The van der Waals surface area contributed by atoms with E-state index in [4.69, 9.17) is 5.11 Å². The van der Waals surface area contributed by atoms with Crippen LogP contribution in [-0.2, 0) is 0 Å². The van der Waals surface area contributed by atoms with Crippen molar-refractivity contribution < 1.29 is 32.3 Å². The Morgan fingerprint density at radius 3 is 2.61 bits per heavy atom. The summed E-state index contributed by atoms with van der Waals surface area (Å²) in [6, 6.07) is 0. The van der Waals surface area contributed by atoms with Gasteiger partial charge in [-0.05, 0) is 0 Å². The molecular weight excluding hydrogens is 262 g/mol. The van der Waals surface area contributed by atoms with Crippen LogP contribution in [0.1, 0.15) is 21.0 Å². The summed E-state index contributed by atoms with van der Waals surface area (Å²) in [5, 5.41) is 10.1. The molecule has 3 N–H and O–H groups in total. The number of carbonyl (C=O) groups is 2. The van der Waals surface area contributed by atoms with Crippen molar-refractivity contribution in [3.05, 3.63) is 17.7 Å². The highest BCUT2D eigenvalue weighted by molar-refractivity contribution is 6.02. The van der Waals surface area contributed by atoms with Gasteiger partial charge in [0, 0.05) is 0 Å². The molecule has 18 heavy (non-hydrogen) atoms. The molecular formula is C8H7F4N3O3. The summed E-state index contributed by atoms with van der Waals surface area (Å²) in [4.78, 5) is 27.2. The van der Waals surface area contributed by atoms with Crippen LogP contribution in [0.5, 0.6) is 0 Å². The molecule has 0 saturated carbocycles. The third-order valence-electron chi connectivity index (χ3n) is 1.87. The number of carboxylic acid groups (broad SMARTS) is 1. The number of rotatable bonds is 5. The Kier molecular flexibility index (Phi) is 3.89. The van der Waals surface area contributed by atoms with Crippen LogP contribution in [0.2, 0.25) is 0 Å². The molecule has 0 spiro atoms. The SMILES string of the molecule is O=C(NCC(F)(F)C(F)F)c1nc[nH]c1C(=O)O. The maximum absolute atomic E-state index is 12.5. The number of halogens is 4. The fourth-order valence-electron chi connectivity index (χ4n) is 0.988. The molecule has 6 nitrogen and oxygen atoms in total. The number of nitrogens with one attached hydrogen (secondary N) is 2. The molecule has 0 radical (unpaired) electrons. The number of aromatic nitrogens is 2. The van der Waals surface area contributed by atoms with E-state index >= 15 is 0 Å². The van der Waals surface area contributed by atoms with Crippen LogP contribution in [0.3, 0.4) is 0 Å². The molecule has 0 atom stereocenters. The molecule has 1 amide bonds. The monoisotopic (exact) mass is 269 g/mol. The van der Waals surface area contributed by atoms with Crippen LogP contribution < -0.4 is 5.32 Å². The maximum Gasteiger partial charge on any atom is 0.354 e. The van der Waals surface area contributed by atoms with Gasteiger partial charge < -0.3 is 15.4 Å². The number of imidazole rings is 1. The second-order valence-corrected chi connectivity index (χ2v) is 3.18. The molecule has 0 bridgehead atoms. The number of nitrogens with zero attached hydrogens (tertiary/aromatic N) is 1. The van der Waals surface area contributed by atoms with Gasteiger partial charge in [-0.3, -0.25) is 4.79 Å². The van der Waals surface area contributed by atoms with E-state index in [9.17, 15) is 27.2 Å². The predicted molar refractivity (Wildman–Crippen MR) is 48.8 cm³/mol. The minimum absolute atomic E-state index is 0.618. The normalized spacial score (nSPS) is 11.6. The van der Waals surface area contributed by atoms with Gasteiger partial charge in [-0.25, -0.2) is 18.6 Å². The largest absolute Gasteiger partial charge is 0.477 e. The summed E-state index contributed by atoms with van der Waals surface area (Å²) in [7, 11) is 0. The molecule has 1 aromatic heterocycles. The number of H-pyrrole nitrogens is 1. The van der Waals surface area contributed by atoms with Crippen molar-refractivity contribution >= 4 is 11.9 Å². The van der Waals surface area contributed by atoms with E-state index in [1.807, 2.05) is 0 Å². The van der Waals surface area contributed by atoms with Gasteiger partial charge >= 0.3 is 18.3 Å². The summed E-state index contributed by atoms with van der Waals surface area (Å²) < 4.78 is 48.6. The molecule has 1 rings (SSSR count). The first kappa shape index (κ1) is 13.9. The molecule has 0 aromatic carbocycles. The van der Waals surface area contributed by atoms with Gasteiger partial charge in [0.15, 0.2) is 11.4 Å². The van der Waals surface area contributed by atoms with E-state index in [1.165, 1.54) is 5.32 Å². The Hall–Kier alpha value is -2.13. The molecule has 100 valence electrons. The van der Waals surface area contributed by atoms with Crippen molar-refractivity contribution in [3.63, 3.8) is 0 Å². The second-order valence-electron chi connectivity index (χ2n) is 3.18. The van der Waals surface area contributed by atoms with E-state index in [-0.39, 0.29) is 0 Å². The van der Waals surface area contributed by atoms with E-state index in [2.05, 4.69) is 9.97 Å². The Morgan fingerprint density at radius 1 is 1.50 bits per heavy atom. The molecule has 1 aromatic rings. The number of hydrogen-bond donors (Lipinski definition) is 3. The average Bonchev–Trinajstić information content (AvgIpc) is 2.74. The molecule has 0 aliphatic heterocycles. The Balaban J connectivity index is 2.72. The Bertz CT molecular complexity index is 460. The number of aromatic carboxylic acids is 1. The third kappa shape index (κ3) is 2.96. The lowest BCUT2D eigenvalue weighted by atomic mass is 10.3. The Labute approximate surface area is 97.0 Å². The number of alkyl halides is 4. The first-order valence-corrected chi connectivity index (χ1v) is 4.46. The quantitative estimate of drug-likeness (QED) is 0.687. The molecule has 0 unspecified atom stereocenters. The summed E-state index contributed by atoms with van der Waals surface area (Å²) >= 11 is 0. The lowest BCUT2D eigenvalue weighted by Crippen LogP contribution is -2.41. The van der Waals surface area contributed by atoms with Crippen LogP contribution in [0, 0.1) is 0 Å². The zero-order chi connectivity index (χ0) is 13.9. The lowest BCUT2D eigenvalue weighted by molar-refractivity contribution is -0.123. The van der Waals surface area contributed by atoms with Gasteiger partial charge in [0.2, 0.25) is 0 Å². The van der Waals surface area contributed by atoms with Crippen LogP contribution in [0.25, 0.3) is 0 Å². The van der Waals surface area contributed by atoms with Gasteiger partial charge in [-0.2, -0.15) is 8.78 Å². The van der Waals surface area contributed by atoms with Crippen molar-refractivity contribution in [2.45, 2.75) is 12.3 Å². The van der Waals surface area contributed by atoms with E-state index < -0.39 is 42.2 Å². The van der Waals surface area contributed by atoms with Gasteiger partial charge in [0.1, 0.15) is 0 Å². The second kappa shape index (κ2) is 5.02. The summed E-state index contributed by atoms with van der Waals surface area (Å²) in [5.74, 6) is -7.21. The fraction of sp³-hybridized carbons (Fsp3) is 0.375. The van der Waals surface area contributed by atoms with Gasteiger partial charge in [0.25, 0.3) is 5.91 Å². The van der Waals surface area contributed by atoms with Gasteiger partial charge in [-0.15, -0.1) is 0 Å². The van der Waals surface area contributed by atoms with Crippen LogP contribution >= 0.6 is 0 Å². The Morgan fingerprint density at radius 2 is 2.11 bits per heavy atom. The highest BCUT2D eigenvalue weighted by atomic mass is 19.3. The van der Waals surface area contributed by atoms with Crippen LogP contribution in [-0.4, -0.2) is 45.8 Å². The molecule has 1 heterocycles. The predicted octanol–water partition coefficient (Wildman–Crippen LogP) is 0.738. The zero-order valence-electron chi connectivity index (χ0n) is 8.58. The van der Waals surface area contributed by atoms with E-state index in [0.717, 1.165) is 6.33 Å². The van der Waals surface area contributed by atoms with E-state index in [0.29, 0.717) is 0 Å². The fourth-order valence-corrected chi connectivity index (χ4v) is 0.988. The molecule has 0 aliphatic rings. The number of aromatic amines is 1. The maximum atomic E-state index is 12.5. The van der Waals surface area contributed by atoms with Gasteiger partial charge in [0.05, 0.1) is 12.9 Å². The smallest absolute Gasteiger partial charge is 0.354 e. The standard InChI is InChI=1S/C8H7F4N3O3/c9-7(10)8(11,12)1-13-5(16)3-4(6(17)18)15-2-14-3/h2,7H,1H2,(H,13,16)(H,14,15)(H,17,18). The zero-order valence-corrected chi connectivity index (χ0v) is 8.58. The summed E-state index contributed by atoms with van der Waals surface area (Å²) in [6.07, 6.45) is -3.07. The molecule has 0 fully saturated rings. The minimum Gasteiger partial charge on any atom is -0.477 e. The summed E-state index contributed by atoms with van der Waals surface area (Å²) in [6.45, 7) is -1.62. The minimum atomic E-state index is -4.39. The average molecular weight is 269 g/mol. The summed E-state index contributed by atoms with van der Waals surface area (Å²) in [5.41, 5.74) is -1.28. The third-order valence-corrected chi connectivity index (χ3v) is 1.87. The number of amides is 1. The molecule has 0 saturated heterocycles. The number of carboxylic acids is 1. The van der Waals surface area contributed by atoms with Crippen molar-refractivity contribution in [1.29, 1.82) is 0 Å². The first-order chi connectivity index (χ1) is 8.25. The van der Waals surface area contributed by atoms with Crippen LogP contribution in [0.4, 0.5) is 17.6 Å². The first-order valence-electron chi connectivity index (χ1n) is 4.46. The van der Waals surface area contributed by atoms with Gasteiger partial charge in [-0.1, -0.05) is 0 Å². The molecule has 10 heteroatoms. The van der Waals surface area contributed by atoms with Crippen LogP contribution in [0.15, 0.2) is 6.33 Å². The van der Waals surface area contributed by atoms with Crippen molar-refractivity contribution in [2.75, 3.05) is 6.54 Å². The van der Waals surface area contributed by atoms with Crippen molar-refractivity contribution in [1.82, 2.24) is 15.3 Å². The molecule has 0 aliphatic carbocycles. The van der Waals surface area contributed by atoms with Crippen molar-refractivity contribution in [2.24, 2.45) is 0 Å². The highest BCUT2D eigenvalue weighted by Crippen LogP contribution is 2.21. The number of carbonyl (C=O) groups excluding carboxylic acids is 1. The lowest BCUT2D eigenvalue weighted by Gasteiger charge is -2.15.